The molecule has 0 unspecified atom stereocenters. The van der Waals surface area contributed by atoms with Gasteiger partial charge in [0.2, 0.25) is 0 Å². The number of hydrogen-bond donors (Lipinski definition) is 1. The molecule has 0 bridgehead atoms. The van der Waals surface area contributed by atoms with E-state index >= 15 is 0 Å². The minimum atomic E-state index is -4.45. The molecule has 1 aromatic rings. The number of alkyl halides is 3. The third kappa shape index (κ3) is 5.18. The molecule has 0 radical (unpaired) electrons. The third-order valence-electron chi connectivity index (χ3n) is 2.69. The number of carbonyl (C=O) groups is 1. The number of rotatable bonds is 7. The smallest absolute Gasteiger partial charge is 0.416 e. The lowest BCUT2D eigenvalue weighted by Gasteiger charge is -2.22. The predicted octanol–water partition coefficient (Wildman–Crippen LogP) is 2.24. The Morgan fingerprint density at radius 2 is 2.00 bits per heavy atom. The Hall–Kier alpha value is -1.60. The molecule has 112 valence electrons. The fourth-order valence-corrected chi connectivity index (χ4v) is 1.80. The molecule has 1 N–H and O–H groups in total. The fraction of sp³-hybridized carbons (Fsp3) is 0.462. The summed E-state index contributed by atoms with van der Waals surface area (Å²) in [4.78, 5) is 12.1. The molecular weight excluding hydrogens is 275 g/mol. The van der Waals surface area contributed by atoms with Crippen molar-refractivity contribution in [3.05, 3.63) is 35.4 Å². The third-order valence-corrected chi connectivity index (χ3v) is 2.69. The first-order valence-corrected chi connectivity index (χ1v) is 5.92. The van der Waals surface area contributed by atoms with Gasteiger partial charge in [0.25, 0.3) is 0 Å². The van der Waals surface area contributed by atoms with Crippen molar-refractivity contribution >= 4 is 5.97 Å². The van der Waals surface area contributed by atoms with E-state index in [-0.39, 0.29) is 31.8 Å². The number of ether oxygens (including phenoxy) is 1. The Balaban J connectivity index is 2.90. The minimum absolute atomic E-state index is 0.0531. The lowest BCUT2D eigenvalue weighted by molar-refractivity contribution is -0.139. The maximum Gasteiger partial charge on any atom is 0.416 e. The summed E-state index contributed by atoms with van der Waals surface area (Å²) in [5, 5.41) is 8.79. The zero-order valence-corrected chi connectivity index (χ0v) is 11.0. The summed E-state index contributed by atoms with van der Waals surface area (Å²) in [6.45, 7) is 0.0668. The number of carboxylic acids is 1. The summed E-state index contributed by atoms with van der Waals surface area (Å²) in [5.74, 6) is -1.09. The first-order chi connectivity index (χ1) is 9.34. The van der Waals surface area contributed by atoms with Gasteiger partial charge in [-0.15, -0.1) is 0 Å². The Kier molecular flexibility index (Phi) is 5.97. The van der Waals surface area contributed by atoms with Crippen molar-refractivity contribution in [1.29, 1.82) is 0 Å². The maximum absolute atomic E-state index is 12.9. The van der Waals surface area contributed by atoms with Crippen LogP contribution in [0.3, 0.4) is 0 Å². The molecule has 7 heteroatoms. The second-order valence-corrected chi connectivity index (χ2v) is 4.25. The highest BCUT2D eigenvalue weighted by atomic mass is 19.4. The molecular formula is C13H16F3NO3. The number of halogens is 3. The van der Waals surface area contributed by atoms with Gasteiger partial charge in [-0.3, -0.25) is 9.69 Å². The van der Waals surface area contributed by atoms with E-state index in [2.05, 4.69) is 0 Å². The van der Waals surface area contributed by atoms with Gasteiger partial charge in [-0.25, -0.2) is 0 Å². The van der Waals surface area contributed by atoms with E-state index in [1.165, 1.54) is 30.2 Å². The van der Waals surface area contributed by atoms with Crippen LogP contribution in [0.4, 0.5) is 13.2 Å². The van der Waals surface area contributed by atoms with Crippen molar-refractivity contribution < 1.29 is 27.8 Å². The molecule has 0 saturated heterocycles. The van der Waals surface area contributed by atoms with Crippen LogP contribution in [0.5, 0.6) is 0 Å². The molecule has 0 aliphatic heterocycles. The van der Waals surface area contributed by atoms with Gasteiger partial charge in [-0.2, -0.15) is 13.2 Å². The summed E-state index contributed by atoms with van der Waals surface area (Å²) < 4.78 is 43.4. The lowest BCUT2D eigenvalue weighted by Crippen LogP contribution is -2.33. The van der Waals surface area contributed by atoms with Crippen molar-refractivity contribution in [2.24, 2.45) is 0 Å². The maximum atomic E-state index is 12.9. The van der Waals surface area contributed by atoms with Crippen molar-refractivity contribution in [2.75, 3.05) is 26.8 Å². The van der Waals surface area contributed by atoms with Crippen molar-refractivity contribution in [3.8, 4) is 0 Å². The molecule has 0 amide bonds. The first-order valence-electron chi connectivity index (χ1n) is 5.92. The van der Waals surface area contributed by atoms with E-state index < -0.39 is 17.7 Å². The van der Waals surface area contributed by atoms with Crippen LogP contribution in [-0.4, -0.2) is 42.8 Å². The molecule has 1 rings (SSSR count). The van der Waals surface area contributed by atoms with Gasteiger partial charge < -0.3 is 9.84 Å². The van der Waals surface area contributed by atoms with Gasteiger partial charge in [0, 0.05) is 20.2 Å². The summed E-state index contributed by atoms with van der Waals surface area (Å²) in [5.41, 5.74) is -0.690. The molecule has 0 saturated carbocycles. The van der Waals surface area contributed by atoms with E-state index in [1.807, 2.05) is 0 Å². The summed E-state index contributed by atoms with van der Waals surface area (Å²) >= 11 is 0. The van der Waals surface area contributed by atoms with Crippen molar-refractivity contribution in [1.82, 2.24) is 4.90 Å². The minimum Gasteiger partial charge on any atom is -0.480 e. The highest BCUT2D eigenvalue weighted by Gasteiger charge is 2.33. The summed E-state index contributed by atoms with van der Waals surface area (Å²) in [6, 6.07) is 5.15. The second-order valence-electron chi connectivity index (χ2n) is 4.25. The van der Waals surface area contributed by atoms with Crippen molar-refractivity contribution in [2.45, 2.75) is 12.7 Å². The molecule has 0 aliphatic carbocycles. The first kappa shape index (κ1) is 16.5. The highest BCUT2D eigenvalue weighted by molar-refractivity contribution is 5.69. The molecule has 20 heavy (non-hydrogen) atoms. The number of benzene rings is 1. The molecule has 0 fully saturated rings. The Morgan fingerprint density at radius 3 is 2.55 bits per heavy atom. The summed E-state index contributed by atoms with van der Waals surface area (Å²) in [7, 11) is 1.45. The van der Waals surface area contributed by atoms with Gasteiger partial charge in [0.1, 0.15) is 0 Å². The standard InChI is InChI=1S/C13H16F3NO3/c1-20-7-6-17(9-12(18)19)8-10-4-2-3-5-11(10)13(14,15)16/h2-5H,6-9H2,1H3,(H,18,19). The van der Waals surface area contributed by atoms with Crippen LogP contribution < -0.4 is 0 Å². The van der Waals surface area contributed by atoms with E-state index in [1.54, 1.807) is 0 Å². The average molecular weight is 291 g/mol. The van der Waals surface area contributed by atoms with Gasteiger partial charge in [0.15, 0.2) is 0 Å². The van der Waals surface area contributed by atoms with Gasteiger partial charge in [-0.05, 0) is 11.6 Å². The van der Waals surface area contributed by atoms with Gasteiger partial charge in [-0.1, -0.05) is 18.2 Å². The quantitative estimate of drug-likeness (QED) is 0.837. The monoisotopic (exact) mass is 291 g/mol. The second kappa shape index (κ2) is 7.25. The zero-order chi connectivity index (χ0) is 15.2. The number of carboxylic acid groups (broad SMARTS) is 1. The number of methoxy groups -OCH3 is 1. The Bertz CT molecular complexity index is 449. The Labute approximate surface area is 114 Å². The van der Waals surface area contributed by atoms with E-state index in [0.717, 1.165) is 6.07 Å². The lowest BCUT2D eigenvalue weighted by atomic mass is 10.1. The topological polar surface area (TPSA) is 49.8 Å². The summed E-state index contributed by atoms with van der Waals surface area (Å²) in [6.07, 6.45) is -4.45. The van der Waals surface area contributed by atoms with Crippen LogP contribution in [0.2, 0.25) is 0 Å². The molecule has 1 aromatic carbocycles. The number of nitrogens with zero attached hydrogens (tertiary/aromatic N) is 1. The van der Waals surface area contributed by atoms with Crippen LogP contribution >= 0.6 is 0 Å². The molecule has 0 aromatic heterocycles. The van der Waals surface area contributed by atoms with E-state index in [4.69, 9.17) is 9.84 Å². The van der Waals surface area contributed by atoms with Crippen LogP contribution in [0.15, 0.2) is 24.3 Å². The molecule has 0 spiro atoms. The van der Waals surface area contributed by atoms with Gasteiger partial charge >= 0.3 is 12.1 Å². The largest absolute Gasteiger partial charge is 0.480 e. The fourth-order valence-electron chi connectivity index (χ4n) is 1.80. The van der Waals surface area contributed by atoms with E-state index in [9.17, 15) is 18.0 Å². The van der Waals surface area contributed by atoms with Crippen LogP contribution in [-0.2, 0) is 22.3 Å². The van der Waals surface area contributed by atoms with Crippen LogP contribution in [0.1, 0.15) is 11.1 Å². The normalized spacial score (nSPS) is 11.8. The van der Waals surface area contributed by atoms with E-state index in [0.29, 0.717) is 0 Å². The van der Waals surface area contributed by atoms with Gasteiger partial charge in [0.05, 0.1) is 18.7 Å². The SMILES string of the molecule is COCCN(CC(=O)O)Cc1ccccc1C(F)(F)F. The number of aliphatic carboxylic acids is 1. The highest BCUT2D eigenvalue weighted by Crippen LogP contribution is 2.32. The van der Waals surface area contributed by atoms with Crippen LogP contribution in [0, 0.1) is 0 Å². The van der Waals surface area contributed by atoms with Crippen molar-refractivity contribution in [3.63, 3.8) is 0 Å². The zero-order valence-electron chi connectivity index (χ0n) is 11.0. The average Bonchev–Trinajstić information content (AvgIpc) is 2.34. The molecule has 4 nitrogen and oxygen atoms in total. The Morgan fingerprint density at radius 1 is 1.35 bits per heavy atom. The molecule has 0 atom stereocenters. The number of hydrogen-bond acceptors (Lipinski definition) is 3. The molecule has 0 heterocycles. The van der Waals surface area contributed by atoms with Crippen LogP contribution in [0.25, 0.3) is 0 Å². The predicted molar refractivity (Wildman–Crippen MR) is 66.2 cm³/mol. The molecule has 0 aliphatic rings.